The molecule has 0 saturated heterocycles. The Hall–Kier alpha value is -3.52. The minimum Gasteiger partial charge on any atom is -0.391 e. The van der Waals surface area contributed by atoms with Crippen molar-refractivity contribution in [3.8, 4) is 11.1 Å². The third kappa shape index (κ3) is 3.78. The second-order valence-corrected chi connectivity index (χ2v) is 8.33. The van der Waals surface area contributed by atoms with Crippen molar-refractivity contribution >= 4 is 16.9 Å². The van der Waals surface area contributed by atoms with Crippen LogP contribution in [0.25, 0.3) is 22.2 Å². The summed E-state index contributed by atoms with van der Waals surface area (Å²) in [5.74, 6) is -0.594. The number of amides is 1. The molecule has 164 valence electrons. The van der Waals surface area contributed by atoms with Crippen molar-refractivity contribution in [2.24, 2.45) is 7.05 Å². The molecule has 2 unspecified atom stereocenters. The summed E-state index contributed by atoms with van der Waals surface area (Å²) in [7, 11) is 1.82. The monoisotopic (exact) mass is 433 g/mol. The van der Waals surface area contributed by atoms with Gasteiger partial charge in [0.15, 0.2) is 0 Å². The standard InChI is InChI=1S/C24H24FN5O2/c1-29-12-17(11-27-29)15-7-8-16(19(25)10-15)13-30-14-18(23-21(30)5-3-9-26-23)24(32)28-20-4-2-6-22(20)31/h3,5,7-12,14,20,22,31H,2,4,6,13H2,1H3,(H,28,32). The van der Waals surface area contributed by atoms with Gasteiger partial charge in [0.05, 0.1) is 36.0 Å². The number of nitrogens with zero attached hydrogens (tertiary/aromatic N) is 4. The number of carbonyl (C=O) groups is 1. The topological polar surface area (TPSA) is 85.0 Å². The summed E-state index contributed by atoms with van der Waals surface area (Å²) in [5.41, 5.74) is 3.85. The minimum atomic E-state index is -0.521. The van der Waals surface area contributed by atoms with Gasteiger partial charge in [-0.1, -0.05) is 12.1 Å². The largest absolute Gasteiger partial charge is 0.391 e. The first-order chi connectivity index (χ1) is 15.5. The van der Waals surface area contributed by atoms with Gasteiger partial charge in [-0.25, -0.2) is 4.39 Å². The molecule has 0 spiro atoms. The zero-order valence-electron chi connectivity index (χ0n) is 17.7. The van der Waals surface area contributed by atoms with Crippen LogP contribution in [-0.4, -0.2) is 42.5 Å². The fourth-order valence-corrected chi connectivity index (χ4v) is 4.38. The summed E-state index contributed by atoms with van der Waals surface area (Å²) < 4.78 is 18.5. The van der Waals surface area contributed by atoms with Crippen LogP contribution in [0.5, 0.6) is 0 Å². The number of pyridine rings is 1. The number of hydrogen-bond acceptors (Lipinski definition) is 4. The van der Waals surface area contributed by atoms with Crippen molar-refractivity contribution in [1.82, 2.24) is 24.6 Å². The number of fused-ring (bicyclic) bond motifs is 1. The first-order valence-electron chi connectivity index (χ1n) is 10.7. The van der Waals surface area contributed by atoms with Crippen LogP contribution in [0.4, 0.5) is 4.39 Å². The molecule has 1 aliphatic carbocycles. The smallest absolute Gasteiger partial charge is 0.255 e. The zero-order valence-corrected chi connectivity index (χ0v) is 17.7. The molecule has 8 heteroatoms. The lowest BCUT2D eigenvalue weighted by Crippen LogP contribution is -2.39. The first kappa shape index (κ1) is 20.4. The molecule has 1 fully saturated rings. The third-order valence-electron chi connectivity index (χ3n) is 6.11. The quantitative estimate of drug-likeness (QED) is 0.506. The highest BCUT2D eigenvalue weighted by Crippen LogP contribution is 2.25. The summed E-state index contributed by atoms with van der Waals surface area (Å²) >= 11 is 0. The summed E-state index contributed by atoms with van der Waals surface area (Å²) in [4.78, 5) is 17.3. The van der Waals surface area contributed by atoms with Crippen molar-refractivity contribution in [3.05, 3.63) is 72.1 Å². The van der Waals surface area contributed by atoms with Crippen LogP contribution in [0, 0.1) is 5.82 Å². The van der Waals surface area contributed by atoms with E-state index in [1.807, 2.05) is 29.9 Å². The fraction of sp³-hybridized carbons (Fsp3) is 0.292. The molecular weight excluding hydrogens is 409 g/mol. The minimum absolute atomic E-state index is 0.248. The van der Waals surface area contributed by atoms with Crippen molar-refractivity contribution in [1.29, 1.82) is 0 Å². The molecular formula is C24H24FN5O2. The molecule has 2 N–H and O–H groups in total. The van der Waals surface area contributed by atoms with Crippen LogP contribution in [0.15, 0.2) is 55.1 Å². The highest BCUT2D eigenvalue weighted by Gasteiger charge is 2.28. The van der Waals surface area contributed by atoms with E-state index in [-0.39, 0.29) is 24.3 Å². The lowest BCUT2D eigenvalue weighted by Gasteiger charge is -2.15. The second-order valence-electron chi connectivity index (χ2n) is 8.33. The predicted molar refractivity (Wildman–Crippen MR) is 119 cm³/mol. The van der Waals surface area contributed by atoms with Crippen LogP contribution in [0.1, 0.15) is 35.2 Å². The number of halogens is 1. The average molecular weight is 433 g/mol. The maximum Gasteiger partial charge on any atom is 0.255 e. The molecule has 3 aromatic heterocycles. The maximum absolute atomic E-state index is 14.9. The highest BCUT2D eigenvalue weighted by molar-refractivity contribution is 6.05. The van der Waals surface area contributed by atoms with Crippen molar-refractivity contribution in [3.63, 3.8) is 0 Å². The molecule has 1 aliphatic rings. The molecule has 4 aromatic rings. The number of benzene rings is 1. The summed E-state index contributed by atoms with van der Waals surface area (Å²) in [6, 6.07) is 8.55. The van der Waals surface area contributed by atoms with Crippen LogP contribution >= 0.6 is 0 Å². The molecule has 32 heavy (non-hydrogen) atoms. The van der Waals surface area contributed by atoms with E-state index in [1.165, 1.54) is 6.07 Å². The van der Waals surface area contributed by atoms with Crippen LogP contribution < -0.4 is 5.32 Å². The first-order valence-corrected chi connectivity index (χ1v) is 10.7. The Morgan fingerprint density at radius 3 is 2.84 bits per heavy atom. The van der Waals surface area contributed by atoms with Crippen molar-refractivity contribution in [2.75, 3.05) is 0 Å². The molecule has 1 aromatic carbocycles. The molecule has 0 bridgehead atoms. The summed E-state index contributed by atoms with van der Waals surface area (Å²) in [6.07, 6.45) is 8.71. The number of aliphatic hydroxyl groups is 1. The summed E-state index contributed by atoms with van der Waals surface area (Å²) in [5, 5.41) is 17.1. The van der Waals surface area contributed by atoms with Crippen molar-refractivity contribution in [2.45, 2.75) is 38.0 Å². The maximum atomic E-state index is 14.9. The highest BCUT2D eigenvalue weighted by atomic mass is 19.1. The Balaban J connectivity index is 1.44. The molecule has 1 saturated carbocycles. The van der Waals surface area contributed by atoms with Crippen molar-refractivity contribution < 1.29 is 14.3 Å². The number of hydrogen-bond donors (Lipinski definition) is 2. The lowest BCUT2D eigenvalue weighted by atomic mass is 10.1. The van der Waals surface area contributed by atoms with E-state index in [4.69, 9.17) is 0 Å². The van der Waals surface area contributed by atoms with Gasteiger partial charge in [0.1, 0.15) is 11.3 Å². The Bertz CT molecular complexity index is 1290. The van der Waals surface area contributed by atoms with Gasteiger partial charge in [-0.3, -0.25) is 14.5 Å². The fourth-order valence-electron chi connectivity index (χ4n) is 4.38. The zero-order chi connectivity index (χ0) is 22.2. The van der Waals surface area contributed by atoms with Gasteiger partial charge in [0.2, 0.25) is 0 Å². The molecule has 7 nitrogen and oxygen atoms in total. The van der Waals surface area contributed by atoms with Crippen LogP contribution in [-0.2, 0) is 13.6 Å². The Kier molecular flexibility index (Phi) is 5.22. The van der Waals surface area contributed by atoms with E-state index in [0.717, 1.165) is 29.5 Å². The van der Waals surface area contributed by atoms with Crippen LogP contribution in [0.3, 0.4) is 0 Å². The van der Waals surface area contributed by atoms with E-state index in [1.54, 1.807) is 35.4 Å². The molecule has 1 amide bonds. The average Bonchev–Trinajstić information content (AvgIpc) is 3.49. The van der Waals surface area contributed by atoms with E-state index in [9.17, 15) is 14.3 Å². The number of rotatable bonds is 5. The third-order valence-corrected chi connectivity index (χ3v) is 6.11. The predicted octanol–water partition coefficient (Wildman–Crippen LogP) is 3.27. The molecule has 2 atom stereocenters. The van der Waals surface area contributed by atoms with Gasteiger partial charge in [-0.2, -0.15) is 5.10 Å². The summed E-state index contributed by atoms with van der Waals surface area (Å²) in [6.45, 7) is 0.265. The number of carbonyl (C=O) groups excluding carboxylic acids is 1. The van der Waals surface area contributed by atoms with E-state index >= 15 is 0 Å². The number of aromatic nitrogens is 4. The van der Waals surface area contributed by atoms with Gasteiger partial charge in [0.25, 0.3) is 5.91 Å². The number of aliphatic hydroxyl groups excluding tert-OH is 1. The van der Waals surface area contributed by atoms with Crippen LogP contribution in [0.2, 0.25) is 0 Å². The molecule has 3 heterocycles. The van der Waals surface area contributed by atoms with E-state index < -0.39 is 6.10 Å². The normalized spacial score (nSPS) is 18.3. The Labute approximate surface area is 184 Å². The Morgan fingerprint density at radius 2 is 2.12 bits per heavy atom. The SMILES string of the molecule is Cn1cc(-c2ccc(Cn3cc(C(=O)NC4CCCC4O)c4ncccc43)c(F)c2)cn1. The van der Waals surface area contributed by atoms with E-state index in [2.05, 4.69) is 15.4 Å². The number of aryl methyl sites for hydroxylation is 1. The molecule has 5 rings (SSSR count). The van der Waals surface area contributed by atoms with Gasteiger partial charge < -0.3 is 15.0 Å². The van der Waals surface area contributed by atoms with Gasteiger partial charge in [0, 0.05) is 36.8 Å². The van der Waals surface area contributed by atoms with E-state index in [0.29, 0.717) is 23.1 Å². The number of nitrogens with one attached hydrogen (secondary N) is 1. The molecule has 0 radical (unpaired) electrons. The molecule has 0 aliphatic heterocycles. The van der Waals surface area contributed by atoms with Gasteiger partial charge >= 0.3 is 0 Å². The van der Waals surface area contributed by atoms with Gasteiger partial charge in [-0.15, -0.1) is 0 Å². The lowest BCUT2D eigenvalue weighted by molar-refractivity contribution is 0.0874. The second kappa shape index (κ2) is 8.20. The van der Waals surface area contributed by atoms with Gasteiger partial charge in [-0.05, 0) is 43.0 Å². The Morgan fingerprint density at radius 1 is 1.25 bits per heavy atom.